The van der Waals surface area contributed by atoms with E-state index < -0.39 is 18.5 Å². The fourth-order valence-corrected chi connectivity index (χ4v) is 2.00. The lowest BCUT2D eigenvalue weighted by molar-refractivity contribution is -0.140. The van der Waals surface area contributed by atoms with Crippen LogP contribution in [0.4, 0.5) is 0 Å². The molecule has 0 aliphatic carbocycles. The topological polar surface area (TPSA) is 90.7 Å². The van der Waals surface area contributed by atoms with Gasteiger partial charge in [0.15, 0.2) is 6.61 Å². The van der Waals surface area contributed by atoms with E-state index in [1.165, 1.54) is 24.1 Å². The summed E-state index contributed by atoms with van der Waals surface area (Å²) < 4.78 is 4.94. The molecule has 1 aromatic rings. The number of nitriles is 1. The molecule has 128 valence electrons. The molecule has 0 spiro atoms. The van der Waals surface area contributed by atoms with E-state index in [-0.39, 0.29) is 18.0 Å². The fourth-order valence-electron chi connectivity index (χ4n) is 2.00. The highest BCUT2D eigenvalue weighted by Gasteiger charge is 2.18. The molecule has 0 aromatic heterocycles. The molecule has 1 rings (SSSR count). The summed E-state index contributed by atoms with van der Waals surface area (Å²) in [6.07, 6.45) is 0. The SMILES string of the molecule is CCN(CC)C(=O)CN(C)C(=O)COC(=O)c1cccc(C#N)c1. The van der Waals surface area contributed by atoms with Crippen molar-refractivity contribution in [1.82, 2.24) is 9.80 Å². The van der Waals surface area contributed by atoms with Crippen LogP contribution < -0.4 is 0 Å². The van der Waals surface area contributed by atoms with Gasteiger partial charge in [-0.3, -0.25) is 9.59 Å². The van der Waals surface area contributed by atoms with Crippen molar-refractivity contribution in [3.8, 4) is 6.07 Å². The van der Waals surface area contributed by atoms with Crippen molar-refractivity contribution < 1.29 is 19.1 Å². The van der Waals surface area contributed by atoms with E-state index in [1.54, 1.807) is 17.0 Å². The lowest BCUT2D eigenvalue weighted by Crippen LogP contribution is -2.42. The Balaban J connectivity index is 2.54. The van der Waals surface area contributed by atoms with Crippen molar-refractivity contribution in [2.45, 2.75) is 13.8 Å². The van der Waals surface area contributed by atoms with Crippen LogP contribution in [-0.4, -0.2) is 60.9 Å². The minimum absolute atomic E-state index is 0.0675. The van der Waals surface area contributed by atoms with Crippen LogP contribution in [0.3, 0.4) is 0 Å². The molecule has 0 fully saturated rings. The molecule has 0 saturated carbocycles. The van der Waals surface area contributed by atoms with Gasteiger partial charge >= 0.3 is 5.97 Å². The quantitative estimate of drug-likeness (QED) is 0.696. The van der Waals surface area contributed by atoms with E-state index in [0.717, 1.165) is 0 Å². The molecular formula is C17H21N3O4. The number of amides is 2. The number of carbonyl (C=O) groups excluding carboxylic acids is 3. The smallest absolute Gasteiger partial charge is 0.338 e. The minimum Gasteiger partial charge on any atom is -0.452 e. The molecule has 7 heteroatoms. The molecule has 0 aliphatic rings. The van der Waals surface area contributed by atoms with Gasteiger partial charge in [0, 0.05) is 20.1 Å². The maximum atomic E-state index is 12.0. The van der Waals surface area contributed by atoms with Gasteiger partial charge in [-0.05, 0) is 32.0 Å². The van der Waals surface area contributed by atoms with E-state index in [9.17, 15) is 14.4 Å². The first kappa shape index (κ1) is 19.2. The highest BCUT2D eigenvalue weighted by molar-refractivity contribution is 5.92. The highest BCUT2D eigenvalue weighted by Crippen LogP contribution is 2.06. The van der Waals surface area contributed by atoms with Gasteiger partial charge < -0.3 is 14.5 Å². The first-order valence-electron chi connectivity index (χ1n) is 7.61. The summed E-state index contributed by atoms with van der Waals surface area (Å²) in [6.45, 7) is 4.34. The summed E-state index contributed by atoms with van der Waals surface area (Å²) in [5.41, 5.74) is 0.529. The number of benzene rings is 1. The molecule has 0 heterocycles. The average Bonchev–Trinajstić information content (AvgIpc) is 2.60. The predicted octanol–water partition coefficient (Wildman–Crippen LogP) is 1.04. The fraction of sp³-hybridized carbons (Fsp3) is 0.412. The zero-order valence-corrected chi connectivity index (χ0v) is 14.1. The Morgan fingerprint density at radius 1 is 1.17 bits per heavy atom. The molecule has 0 bridgehead atoms. The number of esters is 1. The first-order valence-corrected chi connectivity index (χ1v) is 7.61. The monoisotopic (exact) mass is 331 g/mol. The molecule has 0 unspecified atom stereocenters. The number of carbonyl (C=O) groups is 3. The van der Waals surface area contributed by atoms with E-state index in [4.69, 9.17) is 10.00 Å². The van der Waals surface area contributed by atoms with Crippen molar-refractivity contribution in [2.24, 2.45) is 0 Å². The second-order valence-corrected chi connectivity index (χ2v) is 5.08. The van der Waals surface area contributed by atoms with Crippen LogP contribution in [0.5, 0.6) is 0 Å². The zero-order valence-electron chi connectivity index (χ0n) is 14.1. The molecule has 0 aliphatic heterocycles. The van der Waals surface area contributed by atoms with Gasteiger partial charge in [0.1, 0.15) is 0 Å². The van der Waals surface area contributed by atoms with Gasteiger partial charge in [0.05, 0.1) is 23.7 Å². The maximum Gasteiger partial charge on any atom is 0.338 e. The highest BCUT2D eigenvalue weighted by atomic mass is 16.5. The van der Waals surface area contributed by atoms with Gasteiger partial charge in [-0.15, -0.1) is 0 Å². The van der Waals surface area contributed by atoms with Crippen molar-refractivity contribution >= 4 is 17.8 Å². The number of hydrogen-bond donors (Lipinski definition) is 0. The second-order valence-electron chi connectivity index (χ2n) is 5.08. The molecule has 7 nitrogen and oxygen atoms in total. The van der Waals surface area contributed by atoms with Crippen LogP contribution in [0.15, 0.2) is 24.3 Å². The summed E-state index contributed by atoms with van der Waals surface area (Å²) in [4.78, 5) is 38.6. The average molecular weight is 331 g/mol. The van der Waals surface area contributed by atoms with E-state index in [1.807, 2.05) is 19.9 Å². The zero-order chi connectivity index (χ0) is 18.1. The summed E-state index contributed by atoms with van der Waals surface area (Å²) in [7, 11) is 1.48. The third-order valence-electron chi connectivity index (χ3n) is 3.47. The summed E-state index contributed by atoms with van der Waals surface area (Å²) in [6, 6.07) is 7.94. The normalized spacial score (nSPS) is 9.75. The molecule has 0 N–H and O–H groups in total. The standard InChI is InChI=1S/C17H21N3O4/c1-4-20(5-2)15(21)11-19(3)16(22)12-24-17(23)14-8-6-7-13(9-14)10-18/h6-9H,4-5,11-12H2,1-3H3. The predicted molar refractivity (Wildman–Crippen MR) is 87.0 cm³/mol. The largest absolute Gasteiger partial charge is 0.452 e. The van der Waals surface area contributed by atoms with Gasteiger partial charge in [-0.2, -0.15) is 5.26 Å². The molecule has 0 radical (unpaired) electrons. The Morgan fingerprint density at radius 2 is 1.83 bits per heavy atom. The maximum absolute atomic E-state index is 12.0. The van der Waals surface area contributed by atoms with E-state index >= 15 is 0 Å². The number of rotatable bonds is 7. The van der Waals surface area contributed by atoms with Crippen molar-refractivity contribution in [1.29, 1.82) is 5.26 Å². The van der Waals surface area contributed by atoms with Crippen LogP contribution in [0, 0.1) is 11.3 Å². The lowest BCUT2D eigenvalue weighted by Gasteiger charge is -2.23. The Kier molecular flexibility index (Phi) is 7.43. The molecule has 24 heavy (non-hydrogen) atoms. The van der Waals surface area contributed by atoms with Crippen LogP contribution >= 0.6 is 0 Å². The van der Waals surface area contributed by atoms with Crippen LogP contribution in [0.1, 0.15) is 29.8 Å². The Bertz CT molecular complexity index is 647. The van der Waals surface area contributed by atoms with Gasteiger partial charge in [-0.1, -0.05) is 6.07 Å². The Hall–Kier alpha value is -2.88. The Morgan fingerprint density at radius 3 is 2.42 bits per heavy atom. The number of likely N-dealkylation sites (N-methyl/N-ethyl adjacent to an activating group) is 2. The molecule has 0 saturated heterocycles. The van der Waals surface area contributed by atoms with Crippen LogP contribution in [0.2, 0.25) is 0 Å². The van der Waals surface area contributed by atoms with Crippen molar-refractivity contribution in [3.63, 3.8) is 0 Å². The molecule has 2 amide bonds. The summed E-state index contributed by atoms with van der Waals surface area (Å²) in [5.74, 6) is -1.33. The molecule has 0 atom stereocenters. The first-order chi connectivity index (χ1) is 11.4. The lowest BCUT2D eigenvalue weighted by atomic mass is 10.1. The van der Waals surface area contributed by atoms with Gasteiger partial charge in [-0.25, -0.2) is 4.79 Å². The van der Waals surface area contributed by atoms with Crippen LogP contribution in [0.25, 0.3) is 0 Å². The summed E-state index contributed by atoms with van der Waals surface area (Å²) in [5, 5.41) is 8.81. The van der Waals surface area contributed by atoms with Gasteiger partial charge in [0.25, 0.3) is 5.91 Å². The molecule has 1 aromatic carbocycles. The second kappa shape index (κ2) is 9.30. The van der Waals surface area contributed by atoms with Crippen LogP contribution in [-0.2, 0) is 14.3 Å². The number of ether oxygens (including phenoxy) is 1. The minimum atomic E-state index is -0.691. The van der Waals surface area contributed by atoms with Crippen molar-refractivity contribution in [3.05, 3.63) is 35.4 Å². The van der Waals surface area contributed by atoms with E-state index in [0.29, 0.717) is 18.7 Å². The third kappa shape index (κ3) is 5.39. The van der Waals surface area contributed by atoms with Gasteiger partial charge in [0.2, 0.25) is 5.91 Å². The molecular weight excluding hydrogens is 310 g/mol. The van der Waals surface area contributed by atoms with E-state index in [2.05, 4.69) is 0 Å². The third-order valence-corrected chi connectivity index (χ3v) is 3.47. The number of hydrogen-bond acceptors (Lipinski definition) is 5. The Labute approximate surface area is 141 Å². The van der Waals surface area contributed by atoms with Crippen molar-refractivity contribution in [2.75, 3.05) is 33.3 Å². The summed E-state index contributed by atoms with van der Waals surface area (Å²) >= 11 is 0. The number of nitrogens with zero attached hydrogens (tertiary/aromatic N) is 3.